The van der Waals surface area contributed by atoms with Crippen molar-refractivity contribution < 1.29 is 18.7 Å². The predicted octanol–water partition coefficient (Wildman–Crippen LogP) is 1.14. The maximum atomic E-state index is 14.2. The van der Waals surface area contributed by atoms with Gasteiger partial charge < -0.3 is 25.2 Å². The Kier molecular flexibility index (Phi) is 4.97. The van der Waals surface area contributed by atoms with E-state index in [0.29, 0.717) is 11.6 Å². The second-order valence-electron chi connectivity index (χ2n) is 8.19. The van der Waals surface area contributed by atoms with Crippen LogP contribution in [-0.4, -0.2) is 64.5 Å². The summed E-state index contributed by atoms with van der Waals surface area (Å²) < 4.78 is 20.9. The molecule has 0 bridgehead atoms. The van der Waals surface area contributed by atoms with E-state index in [1.807, 2.05) is 31.1 Å². The van der Waals surface area contributed by atoms with Crippen molar-refractivity contribution in [3.8, 4) is 5.75 Å². The zero-order valence-electron chi connectivity index (χ0n) is 18.1. The van der Waals surface area contributed by atoms with Crippen LogP contribution in [0.2, 0.25) is 0 Å². The number of rotatable bonds is 5. The van der Waals surface area contributed by atoms with Crippen LogP contribution >= 0.6 is 0 Å². The van der Waals surface area contributed by atoms with Crippen LogP contribution in [-0.2, 0) is 6.54 Å². The van der Waals surface area contributed by atoms with E-state index < -0.39 is 17.6 Å². The van der Waals surface area contributed by atoms with Crippen LogP contribution in [0, 0.1) is 5.82 Å². The van der Waals surface area contributed by atoms with E-state index in [4.69, 9.17) is 4.74 Å². The quantitative estimate of drug-likeness (QED) is 0.600. The smallest absolute Gasteiger partial charge is 0.270 e. The van der Waals surface area contributed by atoms with Gasteiger partial charge in [-0.05, 0) is 31.3 Å². The second-order valence-corrected chi connectivity index (χ2v) is 8.19. The molecular formula is C22H22FN7O3. The van der Waals surface area contributed by atoms with Gasteiger partial charge >= 0.3 is 0 Å². The molecule has 0 unspecified atom stereocenters. The highest BCUT2D eigenvalue weighted by Crippen LogP contribution is 2.37. The summed E-state index contributed by atoms with van der Waals surface area (Å²) in [5.74, 6) is -0.492. The van der Waals surface area contributed by atoms with Crippen molar-refractivity contribution in [3.05, 3.63) is 65.7 Å². The summed E-state index contributed by atoms with van der Waals surface area (Å²) in [4.78, 5) is 33.6. The third-order valence-electron chi connectivity index (χ3n) is 5.73. The van der Waals surface area contributed by atoms with E-state index in [1.165, 1.54) is 6.07 Å². The van der Waals surface area contributed by atoms with Crippen LogP contribution in [0.5, 0.6) is 5.75 Å². The van der Waals surface area contributed by atoms with Gasteiger partial charge in [0.25, 0.3) is 11.8 Å². The molecule has 4 heterocycles. The van der Waals surface area contributed by atoms with Crippen molar-refractivity contribution in [2.75, 3.05) is 32.1 Å². The van der Waals surface area contributed by atoms with Gasteiger partial charge in [-0.1, -0.05) is 6.07 Å². The minimum absolute atomic E-state index is 0.0126. The Morgan fingerprint density at radius 2 is 2.03 bits per heavy atom. The number of benzene rings is 1. The summed E-state index contributed by atoms with van der Waals surface area (Å²) in [5, 5.41) is 9.54. The predicted molar refractivity (Wildman–Crippen MR) is 117 cm³/mol. The molecule has 2 amide bonds. The number of fused-ring (bicyclic) bond motifs is 2. The van der Waals surface area contributed by atoms with Crippen LogP contribution in [0.1, 0.15) is 26.5 Å². The van der Waals surface area contributed by atoms with Crippen LogP contribution in [0.25, 0.3) is 5.65 Å². The molecule has 1 saturated heterocycles. The number of carbonyl (C=O) groups excluding carboxylic acids is 2. The molecule has 2 aliphatic rings. The lowest BCUT2D eigenvalue weighted by molar-refractivity contribution is 0.0850. The fraction of sp³-hybridized carbons (Fsp3) is 0.273. The van der Waals surface area contributed by atoms with E-state index in [1.54, 1.807) is 6.07 Å². The molecule has 3 aromatic rings. The molecule has 1 aromatic carbocycles. The minimum Gasteiger partial charge on any atom is -0.439 e. The Labute approximate surface area is 188 Å². The molecule has 1 fully saturated rings. The highest BCUT2D eigenvalue weighted by atomic mass is 19.1. The molecule has 0 aliphatic carbocycles. The van der Waals surface area contributed by atoms with Crippen LogP contribution in [0.3, 0.4) is 0 Å². The van der Waals surface area contributed by atoms with Gasteiger partial charge in [0.15, 0.2) is 23.1 Å². The standard InChI is InChI=1S/C22H22FN7O3/c1-12-29(3)17-6-13(4-5-19(17)33-12)8-24-21(31)16-7-18(22(32)26-14-10-28(2)11-14)30-20(27-16)15(23)9-25-30/h4-7,9,14H,1,8,10-11H2,2-3H3,(H,24,31)(H,26,32). The SMILES string of the molecule is C=C1Oc2ccc(CNC(=O)c3cc(C(=O)NC4CN(C)C4)n4ncc(F)c4n3)cc2N1C. The first-order valence-electron chi connectivity index (χ1n) is 10.4. The van der Waals surface area contributed by atoms with Crippen molar-refractivity contribution in [1.82, 2.24) is 30.1 Å². The molecule has 2 N–H and O–H groups in total. The van der Waals surface area contributed by atoms with E-state index in [0.717, 1.165) is 35.1 Å². The van der Waals surface area contributed by atoms with E-state index >= 15 is 0 Å². The molecule has 170 valence electrons. The Morgan fingerprint density at radius 1 is 1.24 bits per heavy atom. The Morgan fingerprint density at radius 3 is 2.79 bits per heavy atom. The zero-order chi connectivity index (χ0) is 23.3. The van der Waals surface area contributed by atoms with Crippen LogP contribution < -0.4 is 20.3 Å². The first-order valence-corrected chi connectivity index (χ1v) is 10.4. The average Bonchev–Trinajstić information content (AvgIpc) is 3.29. The number of hydrogen-bond donors (Lipinski definition) is 2. The van der Waals surface area contributed by atoms with Crippen molar-refractivity contribution in [1.29, 1.82) is 0 Å². The number of carbonyl (C=O) groups is 2. The lowest BCUT2D eigenvalue weighted by Gasteiger charge is -2.36. The first-order chi connectivity index (χ1) is 15.8. The fourth-order valence-electron chi connectivity index (χ4n) is 3.89. The summed E-state index contributed by atoms with van der Waals surface area (Å²) in [6.45, 7) is 5.47. The number of likely N-dealkylation sites (N-methyl/N-ethyl adjacent to an activating group) is 1. The van der Waals surface area contributed by atoms with Crippen molar-refractivity contribution in [2.45, 2.75) is 12.6 Å². The van der Waals surface area contributed by atoms with Gasteiger partial charge in [0.2, 0.25) is 0 Å². The summed E-state index contributed by atoms with van der Waals surface area (Å²) in [7, 11) is 3.78. The molecule has 33 heavy (non-hydrogen) atoms. The van der Waals surface area contributed by atoms with Gasteiger partial charge in [-0.25, -0.2) is 13.9 Å². The molecule has 10 nitrogen and oxygen atoms in total. The van der Waals surface area contributed by atoms with Crippen LogP contribution in [0.15, 0.2) is 42.9 Å². The third kappa shape index (κ3) is 3.76. The summed E-state index contributed by atoms with van der Waals surface area (Å²) >= 11 is 0. The van der Waals surface area contributed by atoms with E-state index in [2.05, 4.69) is 32.2 Å². The molecule has 0 spiro atoms. The Balaban J connectivity index is 1.36. The number of ether oxygens (including phenoxy) is 1. The fourth-order valence-corrected chi connectivity index (χ4v) is 3.89. The lowest BCUT2D eigenvalue weighted by atomic mass is 10.1. The van der Waals surface area contributed by atoms with Crippen LogP contribution in [0.4, 0.5) is 10.1 Å². The number of likely N-dealkylation sites (tertiary alicyclic amines) is 1. The molecule has 2 aromatic heterocycles. The number of nitrogens with zero attached hydrogens (tertiary/aromatic N) is 5. The van der Waals surface area contributed by atoms with Gasteiger partial charge in [0.1, 0.15) is 11.4 Å². The average molecular weight is 451 g/mol. The van der Waals surface area contributed by atoms with Crippen molar-refractivity contribution in [3.63, 3.8) is 0 Å². The number of amides is 2. The van der Waals surface area contributed by atoms with Crippen molar-refractivity contribution >= 4 is 23.1 Å². The van der Waals surface area contributed by atoms with Crippen molar-refractivity contribution in [2.24, 2.45) is 0 Å². The highest BCUT2D eigenvalue weighted by molar-refractivity contribution is 5.98. The topological polar surface area (TPSA) is 104 Å². The molecule has 0 radical (unpaired) electrons. The third-order valence-corrected chi connectivity index (χ3v) is 5.73. The number of anilines is 1. The molecule has 0 atom stereocenters. The lowest BCUT2D eigenvalue weighted by Crippen LogP contribution is -2.57. The van der Waals surface area contributed by atoms with Gasteiger partial charge in [-0.15, -0.1) is 0 Å². The minimum atomic E-state index is -0.719. The number of aromatic nitrogens is 3. The monoisotopic (exact) mass is 451 g/mol. The summed E-state index contributed by atoms with van der Waals surface area (Å²) in [5.41, 5.74) is 1.45. The first kappa shape index (κ1) is 20.9. The molecule has 5 rings (SSSR count). The zero-order valence-corrected chi connectivity index (χ0v) is 18.1. The highest BCUT2D eigenvalue weighted by Gasteiger charge is 2.27. The maximum Gasteiger partial charge on any atom is 0.270 e. The molecule has 11 heteroatoms. The Hall–Kier alpha value is -3.99. The van der Waals surface area contributed by atoms with Gasteiger partial charge in [-0.3, -0.25) is 9.59 Å². The number of nitrogens with one attached hydrogen (secondary N) is 2. The summed E-state index contributed by atoms with van der Waals surface area (Å²) in [6, 6.07) is 6.82. The molecular weight excluding hydrogens is 429 g/mol. The van der Waals surface area contributed by atoms with Gasteiger partial charge in [0.05, 0.1) is 17.9 Å². The summed E-state index contributed by atoms with van der Waals surface area (Å²) in [6.07, 6.45) is 0.967. The van der Waals surface area contributed by atoms with E-state index in [9.17, 15) is 14.0 Å². The molecule has 0 saturated carbocycles. The normalized spacial score (nSPS) is 15.8. The second kappa shape index (κ2) is 7.85. The largest absolute Gasteiger partial charge is 0.439 e. The number of halogens is 1. The van der Waals surface area contributed by atoms with Gasteiger partial charge in [-0.2, -0.15) is 5.10 Å². The maximum absolute atomic E-state index is 14.2. The van der Waals surface area contributed by atoms with Gasteiger partial charge in [0, 0.05) is 32.7 Å². The van der Waals surface area contributed by atoms with E-state index in [-0.39, 0.29) is 29.6 Å². The number of hydrogen-bond acceptors (Lipinski definition) is 7. The Bertz CT molecular complexity index is 1300. The molecule has 2 aliphatic heterocycles.